The predicted octanol–water partition coefficient (Wildman–Crippen LogP) is 3.28. The first-order valence-electron chi connectivity index (χ1n) is 8.22. The van der Waals surface area contributed by atoms with Crippen LogP contribution in [0.5, 0.6) is 0 Å². The molecule has 0 saturated carbocycles. The van der Waals surface area contributed by atoms with Crippen molar-refractivity contribution in [3.8, 4) is 11.4 Å². The summed E-state index contributed by atoms with van der Waals surface area (Å²) in [6, 6.07) is 5.28. The zero-order valence-corrected chi connectivity index (χ0v) is 14.3. The summed E-state index contributed by atoms with van der Waals surface area (Å²) in [6.45, 7) is 2.55. The molecule has 0 unspecified atom stereocenters. The normalized spacial score (nSPS) is 19.0. The molecule has 0 bridgehead atoms. The number of rotatable bonds is 5. The van der Waals surface area contributed by atoms with Gasteiger partial charge in [-0.25, -0.2) is 0 Å². The van der Waals surface area contributed by atoms with Crippen molar-refractivity contribution < 1.29 is 17.7 Å². The van der Waals surface area contributed by atoms with Crippen LogP contribution in [-0.4, -0.2) is 53.2 Å². The topological polar surface area (TPSA) is 45.4 Å². The Morgan fingerprint density at radius 3 is 2.60 bits per heavy atom. The molecule has 1 aliphatic rings. The molecule has 2 heterocycles. The van der Waals surface area contributed by atoms with Gasteiger partial charge in [-0.2, -0.15) is 18.2 Å². The fraction of sp³-hybridized carbons (Fsp3) is 0.529. The van der Waals surface area contributed by atoms with E-state index >= 15 is 0 Å². The van der Waals surface area contributed by atoms with Gasteiger partial charge >= 0.3 is 6.18 Å². The number of alkyl halides is 3. The van der Waals surface area contributed by atoms with Crippen LogP contribution in [0.2, 0.25) is 0 Å². The second kappa shape index (κ2) is 7.13. The van der Waals surface area contributed by atoms with Crippen molar-refractivity contribution in [1.29, 1.82) is 0 Å². The standard InChI is InChI=1S/C17H21F3N4O/c1-23(10-14-4-3-9-24(14)2)11-15-21-16(22-25-15)12-5-7-13(8-6-12)17(18,19)20/h5-8,14H,3-4,9-11H2,1-2H3/t14-/m1/s1. The number of hydrogen-bond donors (Lipinski definition) is 0. The Balaban J connectivity index is 1.62. The Bertz CT molecular complexity index is 699. The van der Waals surface area contributed by atoms with Crippen LogP contribution in [0.1, 0.15) is 24.3 Å². The summed E-state index contributed by atoms with van der Waals surface area (Å²) in [7, 11) is 4.12. The van der Waals surface area contributed by atoms with E-state index in [0.717, 1.165) is 25.2 Å². The van der Waals surface area contributed by atoms with Crippen molar-refractivity contribution in [3.63, 3.8) is 0 Å². The van der Waals surface area contributed by atoms with Crippen LogP contribution in [0.15, 0.2) is 28.8 Å². The molecule has 0 N–H and O–H groups in total. The molecule has 1 aromatic carbocycles. The van der Waals surface area contributed by atoms with E-state index in [2.05, 4.69) is 27.0 Å². The molecule has 1 saturated heterocycles. The number of nitrogens with zero attached hydrogens (tertiary/aromatic N) is 4. The largest absolute Gasteiger partial charge is 0.416 e. The van der Waals surface area contributed by atoms with Crippen molar-refractivity contribution in [2.24, 2.45) is 0 Å². The Labute approximate surface area is 144 Å². The fourth-order valence-electron chi connectivity index (χ4n) is 3.11. The highest BCUT2D eigenvalue weighted by Gasteiger charge is 2.30. The number of likely N-dealkylation sites (N-methyl/N-ethyl adjacent to an activating group) is 2. The lowest BCUT2D eigenvalue weighted by molar-refractivity contribution is -0.137. The van der Waals surface area contributed by atoms with Gasteiger partial charge in [0, 0.05) is 18.2 Å². The van der Waals surface area contributed by atoms with Gasteiger partial charge in [-0.15, -0.1) is 0 Å². The van der Waals surface area contributed by atoms with E-state index < -0.39 is 11.7 Å². The van der Waals surface area contributed by atoms with Gasteiger partial charge in [-0.3, -0.25) is 4.90 Å². The molecule has 3 rings (SSSR count). The van der Waals surface area contributed by atoms with E-state index in [0.29, 0.717) is 29.9 Å². The van der Waals surface area contributed by atoms with Crippen LogP contribution < -0.4 is 0 Å². The van der Waals surface area contributed by atoms with Crippen molar-refractivity contribution in [1.82, 2.24) is 19.9 Å². The van der Waals surface area contributed by atoms with Crippen LogP contribution in [0.25, 0.3) is 11.4 Å². The molecule has 0 aliphatic carbocycles. The maximum Gasteiger partial charge on any atom is 0.416 e. The molecule has 1 fully saturated rings. The minimum absolute atomic E-state index is 0.301. The summed E-state index contributed by atoms with van der Waals surface area (Å²) in [6.07, 6.45) is -1.95. The second-order valence-electron chi connectivity index (χ2n) is 6.56. The summed E-state index contributed by atoms with van der Waals surface area (Å²) < 4.78 is 43.1. The molecule has 8 heteroatoms. The van der Waals surface area contributed by atoms with Gasteiger partial charge in [-0.05, 0) is 45.6 Å². The summed E-state index contributed by atoms with van der Waals surface area (Å²) in [4.78, 5) is 8.76. The predicted molar refractivity (Wildman–Crippen MR) is 86.7 cm³/mol. The lowest BCUT2D eigenvalue weighted by atomic mass is 10.1. The zero-order chi connectivity index (χ0) is 18.0. The van der Waals surface area contributed by atoms with Crippen molar-refractivity contribution in [3.05, 3.63) is 35.7 Å². The fourth-order valence-corrected chi connectivity index (χ4v) is 3.11. The number of halogens is 3. The number of benzene rings is 1. The van der Waals surface area contributed by atoms with Crippen molar-refractivity contribution >= 4 is 0 Å². The van der Waals surface area contributed by atoms with Gasteiger partial charge in [0.2, 0.25) is 11.7 Å². The number of aromatic nitrogens is 2. The zero-order valence-electron chi connectivity index (χ0n) is 14.3. The third kappa shape index (κ3) is 4.38. The molecule has 136 valence electrons. The highest BCUT2D eigenvalue weighted by atomic mass is 19.4. The van der Waals surface area contributed by atoms with Crippen LogP contribution in [-0.2, 0) is 12.7 Å². The summed E-state index contributed by atoms with van der Waals surface area (Å²) in [5.41, 5.74) is -0.193. The van der Waals surface area contributed by atoms with E-state index in [1.165, 1.54) is 25.0 Å². The summed E-state index contributed by atoms with van der Waals surface area (Å²) in [5, 5.41) is 3.87. The van der Waals surface area contributed by atoms with E-state index in [9.17, 15) is 13.2 Å². The first kappa shape index (κ1) is 17.9. The van der Waals surface area contributed by atoms with Crippen LogP contribution in [0.4, 0.5) is 13.2 Å². The van der Waals surface area contributed by atoms with Crippen LogP contribution >= 0.6 is 0 Å². The summed E-state index contributed by atoms with van der Waals surface area (Å²) >= 11 is 0. The Kier molecular flexibility index (Phi) is 5.10. The molecule has 1 aromatic heterocycles. The SMILES string of the molecule is CN(Cc1nc(-c2ccc(C(F)(F)F)cc2)no1)C[C@H]1CCCN1C. The van der Waals surface area contributed by atoms with Crippen LogP contribution in [0.3, 0.4) is 0 Å². The minimum atomic E-state index is -4.35. The molecule has 25 heavy (non-hydrogen) atoms. The Morgan fingerprint density at radius 1 is 1.28 bits per heavy atom. The smallest absolute Gasteiger partial charge is 0.338 e. The highest BCUT2D eigenvalue weighted by Crippen LogP contribution is 2.30. The van der Waals surface area contributed by atoms with Gasteiger partial charge in [0.15, 0.2) is 0 Å². The monoisotopic (exact) mass is 354 g/mol. The first-order valence-corrected chi connectivity index (χ1v) is 8.22. The average Bonchev–Trinajstić information content (AvgIpc) is 3.16. The second-order valence-corrected chi connectivity index (χ2v) is 6.56. The lowest BCUT2D eigenvalue weighted by Crippen LogP contribution is -2.36. The number of likely N-dealkylation sites (tertiary alicyclic amines) is 1. The Morgan fingerprint density at radius 2 is 2.00 bits per heavy atom. The molecule has 0 spiro atoms. The average molecular weight is 354 g/mol. The van der Waals surface area contributed by atoms with E-state index in [4.69, 9.17) is 4.52 Å². The molecule has 0 amide bonds. The quantitative estimate of drug-likeness (QED) is 0.825. The number of hydrogen-bond acceptors (Lipinski definition) is 5. The minimum Gasteiger partial charge on any atom is -0.338 e. The Hall–Kier alpha value is -1.93. The first-order chi connectivity index (χ1) is 11.8. The molecule has 2 aromatic rings. The third-order valence-electron chi connectivity index (χ3n) is 4.54. The highest BCUT2D eigenvalue weighted by molar-refractivity contribution is 5.54. The maximum atomic E-state index is 12.6. The van der Waals surface area contributed by atoms with Gasteiger partial charge in [0.1, 0.15) is 0 Å². The van der Waals surface area contributed by atoms with Gasteiger partial charge in [-0.1, -0.05) is 17.3 Å². The molecule has 1 atom stereocenters. The molecular formula is C17H21F3N4O. The molecule has 0 radical (unpaired) electrons. The molecule has 1 aliphatic heterocycles. The molecule has 5 nitrogen and oxygen atoms in total. The van der Waals surface area contributed by atoms with Gasteiger partial charge in [0.05, 0.1) is 12.1 Å². The van der Waals surface area contributed by atoms with Gasteiger partial charge in [0.25, 0.3) is 0 Å². The van der Waals surface area contributed by atoms with E-state index in [1.54, 1.807) is 0 Å². The van der Waals surface area contributed by atoms with Crippen LogP contribution in [0, 0.1) is 0 Å². The van der Waals surface area contributed by atoms with Gasteiger partial charge < -0.3 is 9.42 Å². The third-order valence-corrected chi connectivity index (χ3v) is 4.54. The summed E-state index contributed by atoms with van der Waals surface area (Å²) in [5.74, 6) is 0.758. The van der Waals surface area contributed by atoms with E-state index in [-0.39, 0.29) is 0 Å². The maximum absolute atomic E-state index is 12.6. The van der Waals surface area contributed by atoms with Crippen molar-refractivity contribution in [2.75, 3.05) is 27.2 Å². The van der Waals surface area contributed by atoms with E-state index in [1.807, 2.05) is 7.05 Å². The van der Waals surface area contributed by atoms with Crippen molar-refractivity contribution in [2.45, 2.75) is 31.6 Å². The lowest BCUT2D eigenvalue weighted by Gasteiger charge is -2.24. The molecular weight excluding hydrogens is 333 g/mol.